The van der Waals surface area contributed by atoms with E-state index in [1.54, 1.807) is 12.3 Å². The third-order valence-electron chi connectivity index (χ3n) is 4.21. The molecule has 0 unspecified atom stereocenters. The van der Waals surface area contributed by atoms with Crippen LogP contribution in [0.2, 0.25) is 0 Å². The van der Waals surface area contributed by atoms with E-state index in [4.69, 9.17) is 0 Å². The maximum absolute atomic E-state index is 12.8. The van der Waals surface area contributed by atoms with E-state index in [9.17, 15) is 18.0 Å². The molecule has 0 aliphatic rings. The predicted molar refractivity (Wildman–Crippen MR) is 100 cm³/mol. The number of benzene rings is 2. The lowest BCUT2D eigenvalue weighted by Gasteiger charge is -2.10. The highest BCUT2D eigenvalue weighted by atomic mass is 32.2. The number of alkyl halides is 3. The molecule has 0 bridgehead atoms. The van der Waals surface area contributed by atoms with Gasteiger partial charge in [-0.1, -0.05) is 36.0 Å². The quantitative estimate of drug-likeness (QED) is 0.577. The Balaban J connectivity index is 1.85. The molecular formula is C20H17F3N2OS. The number of thioether (sulfide) groups is 1. The fraction of sp³-hybridized carbons (Fsp3) is 0.200. The molecular weight excluding hydrogens is 373 g/mol. The Bertz CT molecular complexity index is 1030. The molecule has 0 radical (unpaired) electrons. The van der Waals surface area contributed by atoms with Gasteiger partial charge in [0, 0.05) is 23.8 Å². The monoisotopic (exact) mass is 390 g/mol. The van der Waals surface area contributed by atoms with E-state index in [0.717, 1.165) is 40.7 Å². The molecule has 0 N–H and O–H groups in total. The van der Waals surface area contributed by atoms with Crippen molar-refractivity contribution in [3.05, 3.63) is 87.5 Å². The van der Waals surface area contributed by atoms with Crippen LogP contribution in [0.25, 0.3) is 5.69 Å². The van der Waals surface area contributed by atoms with Crippen LogP contribution in [0.5, 0.6) is 0 Å². The lowest BCUT2D eigenvalue weighted by atomic mass is 10.1. The van der Waals surface area contributed by atoms with Crippen LogP contribution in [0.1, 0.15) is 22.3 Å². The number of hydrogen-bond donors (Lipinski definition) is 0. The van der Waals surface area contributed by atoms with Crippen molar-refractivity contribution in [3.63, 3.8) is 0 Å². The SMILES string of the molecule is Cc1ccc(-n2ccnc(SCc3cccc(C(F)(F)F)c3)c2=O)cc1C. The Kier molecular flexibility index (Phi) is 5.41. The van der Waals surface area contributed by atoms with Gasteiger partial charge in [0.2, 0.25) is 0 Å². The van der Waals surface area contributed by atoms with Gasteiger partial charge in [-0.15, -0.1) is 0 Å². The van der Waals surface area contributed by atoms with Crippen LogP contribution in [0.3, 0.4) is 0 Å². The number of nitrogens with zero attached hydrogens (tertiary/aromatic N) is 2. The number of halogens is 3. The molecule has 2 aromatic carbocycles. The zero-order valence-corrected chi connectivity index (χ0v) is 15.6. The van der Waals surface area contributed by atoms with Crippen molar-refractivity contribution in [1.82, 2.24) is 9.55 Å². The van der Waals surface area contributed by atoms with Gasteiger partial charge in [-0.05, 0) is 48.7 Å². The minimum atomic E-state index is -4.39. The summed E-state index contributed by atoms with van der Waals surface area (Å²) in [6.07, 6.45) is -1.28. The molecule has 0 aliphatic carbocycles. The van der Waals surface area contributed by atoms with E-state index in [1.165, 1.54) is 16.8 Å². The van der Waals surface area contributed by atoms with Crippen molar-refractivity contribution in [3.8, 4) is 5.69 Å². The molecule has 0 atom stereocenters. The standard InChI is InChI=1S/C20H17F3N2OS/c1-13-6-7-17(10-14(13)2)25-9-8-24-18(19(25)26)27-12-15-4-3-5-16(11-15)20(21,22)23/h3-11H,12H2,1-2H3. The van der Waals surface area contributed by atoms with Crippen LogP contribution < -0.4 is 5.56 Å². The summed E-state index contributed by atoms with van der Waals surface area (Å²) < 4.78 is 40.0. The van der Waals surface area contributed by atoms with E-state index < -0.39 is 11.7 Å². The van der Waals surface area contributed by atoms with Gasteiger partial charge < -0.3 is 0 Å². The molecule has 3 aromatic rings. The molecule has 27 heavy (non-hydrogen) atoms. The van der Waals surface area contributed by atoms with Crippen molar-refractivity contribution in [2.75, 3.05) is 0 Å². The molecule has 0 fully saturated rings. The first-order valence-electron chi connectivity index (χ1n) is 8.20. The van der Waals surface area contributed by atoms with Gasteiger partial charge in [-0.25, -0.2) is 4.98 Å². The van der Waals surface area contributed by atoms with Crippen LogP contribution in [-0.4, -0.2) is 9.55 Å². The Morgan fingerprint density at radius 3 is 2.56 bits per heavy atom. The maximum Gasteiger partial charge on any atom is 0.416 e. The molecule has 7 heteroatoms. The maximum atomic E-state index is 12.8. The summed E-state index contributed by atoms with van der Waals surface area (Å²) in [5, 5.41) is 0.244. The zero-order valence-electron chi connectivity index (χ0n) is 14.7. The molecule has 3 nitrogen and oxygen atoms in total. The van der Waals surface area contributed by atoms with Gasteiger partial charge in [-0.3, -0.25) is 9.36 Å². The normalized spacial score (nSPS) is 11.6. The molecule has 3 rings (SSSR count). The third-order valence-corrected chi connectivity index (χ3v) is 5.24. The summed E-state index contributed by atoms with van der Waals surface area (Å²) in [6, 6.07) is 10.8. The summed E-state index contributed by atoms with van der Waals surface area (Å²) in [5.74, 6) is 0.225. The Labute approximate surface area is 158 Å². The van der Waals surface area contributed by atoms with Gasteiger partial charge in [-0.2, -0.15) is 13.2 Å². The topological polar surface area (TPSA) is 34.9 Å². The highest BCUT2D eigenvalue weighted by molar-refractivity contribution is 7.98. The summed E-state index contributed by atoms with van der Waals surface area (Å²) >= 11 is 1.12. The van der Waals surface area contributed by atoms with Crippen LogP contribution in [0.15, 0.2) is 64.7 Å². The van der Waals surface area contributed by atoms with Gasteiger partial charge in [0.25, 0.3) is 5.56 Å². The van der Waals surface area contributed by atoms with Gasteiger partial charge in [0.05, 0.1) is 5.56 Å². The Hall–Kier alpha value is -2.54. The van der Waals surface area contributed by atoms with Crippen molar-refractivity contribution in [2.24, 2.45) is 0 Å². The summed E-state index contributed by atoms with van der Waals surface area (Å²) in [7, 11) is 0. The summed E-state index contributed by atoms with van der Waals surface area (Å²) in [6.45, 7) is 3.96. The molecule has 0 aliphatic heterocycles. The van der Waals surface area contributed by atoms with E-state index in [2.05, 4.69) is 4.98 Å². The van der Waals surface area contributed by atoms with E-state index in [1.807, 2.05) is 32.0 Å². The molecule has 140 valence electrons. The van der Waals surface area contributed by atoms with Crippen LogP contribution in [0.4, 0.5) is 13.2 Å². The largest absolute Gasteiger partial charge is 0.416 e. The van der Waals surface area contributed by atoms with E-state index in [0.29, 0.717) is 5.56 Å². The van der Waals surface area contributed by atoms with Crippen molar-refractivity contribution in [1.29, 1.82) is 0 Å². The van der Waals surface area contributed by atoms with Gasteiger partial charge in [0.15, 0.2) is 5.03 Å². The number of aromatic nitrogens is 2. The second kappa shape index (κ2) is 7.60. The first kappa shape index (κ1) is 19.2. The number of aryl methyl sites for hydroxylation is 2. The summed E-state index contributed by atoms with van der Waals surface area (Å²) in [4.78, 5) is 16.8. The van der Waals surface area contributed by atoms with Crippen LogP contribution in [-0.2, 0) is 11.9 Å². The number of hydrogen-bond acceptors (Lipinski definition) is 3. The van der Waals surface area contributed by atoms with Gasteiger partial charge >= 0.3 is 6.18 Å². The van der Waals surface area contributed by atoms with Crippen LogP contribution in [0, 0.1) is 13.8 Å². The molecule has 0 saturated carbocycles. The average molecular weight is 390 g/mol. The minimum absolute atomic E-state index is 0.225. The second-order valence-corrected chi connectivity index (χ2v) is 7.13. The van der Waals surface area contributed by atoms with E-state index in [-0.39, 0.29) is 16.3 Å². The average Bonchev–Trinajstić information content (AvgIpc) is 2.63. The third kappa shape index (κ3) is 4.42. The first-order chi connectivity index (χ1) is 12.8. The molecule has 0 saturated heterocycles. The van der Waals surface area contributed by atoms with Crippen LogP contribution >= 0.6 is 11.8 Å². The summed E-state index contributed by atoms with van der Waals surface area (Å²) in [5.41, 5.74) is 2.41. The van der Waals surface area contributed by atoms with E-state index >= 15 is 0 Å². The van der Waals surface area contributed by atoms with Crippen molar-refractivity contribution < 1.29 is 13.2 Å². The minimum Gasteiger partial charge on any atom is -0.280 e. The Morgan fingerprint density at radius 2 is 1.85 bits per heavy atom. The Morgan fingerprint density at radius 1 is 1.07 bits per heavy atom. The lowest BCUT2D eigenvalue weighted by Crippen LogP contribution is -2.20. The highest BCUT2D eigenvalue weighted by Crippen LogP contribution is 2.30. The van der Waals surface area contributed by atoms with Crippen molar-refractivity contribution >= 4 is 11.8 Å². The number of rotatable bonds is 4. The second-order valence-electron chi connectivity index (χ2n) is 6.16. The molecule has 1 aromatic heterocycles. The molecule has 1 heterocycles. The highest BCUT2D eigenvalue weighted by Gasteiger charge is 2.30. The molecule has 0 amide bonds. The smallest absolute Gasteiger partial charge is 0.280 e. The van der Waals surface area contributed by atoms with Gasteiger partial charge in [0.1, 0.15) is 0 Å². The fourth-order valence-electron chi connectivity index (χ4n) is 2.56. The first-order valence-corrected chi connectivity index (χ1v) is 9.18. The fourth-order valence-corrected chi connectivity index (χ4v) is 3.40. The lowest BCUT2D eigenvalue weighted by molar-refractivity contribution is -0.137. The molecule has 0 spiro atoms. The van der Waals surface area contributed by atoms with Crippen molar-refractivity contribution in [2.45, 2.75) is 30.8 Å². The predicted octanol–water partition coefficient (Wildman–Crippen LogP) is 5.16. The zero-order chi connectivity index (χ0) is 19.6.